The molecule has 0 radical (unpaired) electrons. The number of ether oxygens (including phenoxy) is 3. The number of methoxy groups -OCH3 is 2. The van der Waals surface area contributed by atoms with Crippen molar-refractivity contribution in [3.63, 3.8) is 0 Å². The zero-order valence-corrected chi connectivity index (χ0v) is 17.5. The predicted molar refractivity (Wildman–Crippen MR) is 109 cm³/mol. The van der Waals surface area contributed by atoms with Gasteiger partial charge in [0.05, 0.1) is 26.9 Å². The van der Waals surface area contributed by atoms with Crippen LogP contribution in [0.15, 0.2) is 23.2 Å². The Morgan fingerprint density at radius 3 is 2.52 bits per heavy atom. The quantitative estimate of drug-likeness (QED) is 0.191. The first-order valence-electron chi connectivity index (χ1n) is 7.90. The predicted octanol–water partition coefficient (Wildman–Crippen LogP) is 2.46. The summed E-state index contributed by atoms with van der Waals surface area (Å²) in [6.07, 6.45) is 0.908. The number of esters is 1. The molecule has 0 saturated carbocycles. The lowest BCUT2D eigenvalue weighted by Gasteiger charge is -2.09. The van der Waals surface area contributed by atoms with E-state index in [-0.39, 0.29) is 36.0 Å². The molecule has 8 heteroatoms. The molecule has 0 aliphatic carbocycles. The average molecular weight is 465 g/mol. The van der Waals surface area contributed by atoms with Crippen molar-refractivity contribution in [1.29, 1.82) is 0 Å². The van der Waals surface area contributed by atoms with E-state index in [9.17, 15) is 4.79 Å². The fourth-order valence-corrected chi connectivity index (χ4v) is 1.98. The van der Waals surface area contributed by atoms with Gasteiger partial charge in [-0.25, -0.2) is 4.99 Å². The molecular weight excluding hydrogens is 437 g/mol. The number of rotatable bonds is 9. The molecule has 0 aromatic heterocycles. The molecule has 1 rings (SSSR count). The Morgan fingerprint density at radius 1 is 1.24 bits per heavy atom. The van der Waals surface area contributed by atoms with E-state index in [0.29, 0.717) is 43.4 Å². The van der Waals surface area contributed by atoms with Gasteiger partial charge in [0, 0.05) is 13.0 Å². The lowest BCUT2D eigenvalue weighted by atomic mass is 10.2. The minimum atomic E-state index is -0.201. The van der Waals surface area contributed by atoms with Crippen LogP contribution in [0.1, 0.15) is 32.3 Å². The van der Waals surface area contributed by atoms with Gasteiger partial charge in [-0.05, 0) is 38.0 Å². The average Bonchev–Trinajstić information content (AvgIpc) is 2.55. The lowest BCUT2D eigenvalue weighted by molar-refractivity contribution is -0.147. The van der Waals surface area contributed by atoms with Gasteiger partial charge in [0.2, 0.25) is 0 Å². The highest BCUT2D eigenvalue weighted by Gasteiger charge is 2.06. The molecule has 3 N–H and O–H groups in total. The summed E-state index contributed by atoms with van der Waals surface area (Å²) >= 11 is 0. The summed E-state index contributed by atoms with van der Waals surface area (Å²) < 4.78 is 15.5. The van der Waals surface area contributed by atoms with Gasteiger partial charge in [0.25, 0.3) is 0 Å². The van der Waals surface area contributed by atoms with E-state index in [1.54, 1.807) is 14.2 Å². The molecule has 0 aliphatic heterocycles. The van der Waals surface area contributed by atoms with Crippen LogP contribution >= 0.6 is 24.0 Å². The maximum absolute atomic E-state index is 11.4. The van der Waals surface area contributed by atoms with Crippen molar-refractivity contribution in [3.8, 4) is 11.5 Å². The molecule has 0 saturated heterocycles. The van der Waals surface area contributed by atoms with Crippen molar-refractivity contribution in [3.05, 3.63) is 23.8 Å². The number of hydrogen-bond donors (Lipinski definition) is 2. The molecule has 142 valence electrons. The lowest BCUT2D eigenvalue weighted by Crippen LogP contribution is -2.32. The largest absolute Gasteiger partial charge is 0.493 e. The zero-order chi connectivity index (χ0) is 17.9. The molecule has 0 amide bonds. The topological polar surface area (TPSA) is 95.2 Å². The number of carbonyl (C=O) groups excluding carboxylic acids is 1. The van der Waals surface area contributed by atoms with Crippen molar-refractivity contribution >= 4 is 35.9 Å². The van der Waals surface area contributed by atoms with E-state index in [2.05, 4.69) is 10.3 Å². The second-order valence-electron chi connectivity index (χ2n) is 5.46. The van der Waals surface area contributed by atoms with E-state index in [1.165, 1.54) is 0 Å². The molecule has 25 heavy (non-hydrogen) atoms. The van der Waals surface area contributed by atoms with Gasteiger partial charge in [-0.3, -0.25) is 4.79 Å². The molecule has 0 unspecified atom stereocenters. The number of hydrogen-bond acceptors (Lipinski definition) is 5. The zero-order valence-electron chi connectivity index (χ0n) is 15.2. The molecule has 0 spiro atoms. The Labute approximate surface area is 166 Å². The minimum Gasteiger partial charge on any atom is -0.493 e. The first kappa shape index (κ1) is 23.3. The van der Waals surface area contributed by atoms with E-state index < -0.39 is 0 Å². The Kier molecular flexibility index (Phi) is 11.8. The van der Waals surface area contributed by atoms with Crippen molar-refractivity contribution in [1.82, 2.24) is 5.32 Å². The third-order valence-corrected chi connectivity index (χ3v) is 3.11. The van der Waals surface area contributed by atoms with Gasteiger partial charge in [-0.1, -0.05) is 6.07 Å². The second-order valence-corrected chi connectivity index (χ2v) is 5.46. The summed E-state index contributed by atoms with van der Waals surface area (Å²) in [4.78, 5) is 15.6. The molecule has 0 bridgehead atoms. The summed E-state index contributed by atoms with van der Waals surface area (Å²) in [5.41, 5.74) is 6.77. The van der Waals surface area contributed by atoms with Crippen LogP contribution in [0.2, 0.25) is 0 Å². The maximum atomic E-state index is 11.4. The minimum absolute atomic E-state index is 0. The van der Waals surface area contributed by atoms with Crippen molar-refractivity contribution in [2.45, 2.75) is 39.3 Å². The highest BCUT2D eigenvalue weighted by molar-refractivity contribution is 14.0. The van der Waals surface area contributed by atoms with E-state index >= 15 is 0 Å². The standard InChI is InChI=1S/C17H27N3O4.HI/c1-12(2)24-16(21)6-5-9-19-17(18)20-11-13-7-8-14(22-3)15(10-13)23-4;/h7-8,10,12H,5-6,9,11H2,1-4H3,(H3,18,19,20);1H. The van der Waals surface area contributed by atoms with Crippen LogP contribution in [0, 0.1) is 0 Å². The van der Waals surface area contributed by atoms with Crippen molar-refractivity contribution in [2.24, 2.45) is 10.7 Å². The summed E-state index contributed by atoms with van der Waals surface area (Å²) in [5.74, 6) is 1.46. The van der Waals surface area contributed by atoms with E-state index in [4.69, 9.17) is 19.9 Å². The van der Waals surface area contributed by atoms with Crippen LogP contribution in [-0.4, -0.2) is 38.8 Å². The molecule has 1 aromatic rings. The van der Waals surface area contributed by atoms with Crippen LogP contribution in [-0.2, 0) is 16.1 Å². The van der Waals surface area contributed by atoms with Crippen LogP contribution in [0.3, 0.4) is 0 Å². The van der Waals surface area contributed by atoms with Gasteiger partial charge in [0.15, 0.2) is 17.5 Å². The second kappa shape index (κ2) is 12.6. The van der Waals surface area contributed by atoms with Crippen molar-refractivity contribution < 1.29 is 19.0 Å². The maximum Gasteiger partial charge on any atom is 0.306 e. The van der Waals surface area contributed by atoms with Crippen LogP contribution in [0.4, 0.5) is 0 Å². The van der Waals surface area contributed by atoms with Gasteiger partial charge >= 0.3 is 5.97 Å². The van der Waals surface area contributed by atoms with E-state index in [0.717, 1.165) is 5.56 Å². The van der Waals surface area contributed by atoms with Gasteiger partial charge in [-0.2, -0.15) is 0 Å². The fourth-order valence-electron chi connectivity index (χ4n) is 1.98. The monoisotopic (exact) mass is 465 g/mol. The third kappa shape index (κ3) is 9.37. The first-order valence-corrected chi connectivity index (χ1v) is 7.90. The summed E-state index contributed by atoms with van der Waals surface area (Å²) in [7, 11) is 3.18. The molecule has 0 heterocycles. The number of nitrogens with one attached hydrogen (secondary N) is 1. The molecule has 0 aliphatic rings. The van der Waals surface area contributed by atoms with Gasteiger partial charge in [0.1, 0.15) is 0 Å². The van der Waals surface area contributed by atoms with Crippen LogP contribution < -0.4 is 20.5 Å². The number of guanidine groups is 1. The Bertz CT molecular complexity index is 565. The Hall–Kier alpha value is -1.71. The first-order chi connectivity index (χ1) is 11.5. The Balaban J connectivity index is 0.00000576. The number of nitrogens with zero attached hydrogens (tertiary/aromatic N) is 1. The van der Waals surface area contributed by atoms with E-state index in [1.807, 2.05) is 32.0 Å². The van der Waals surface area contributed by atoms with Gasteiger partial charge in [-0.15, -0.1) is 24.0 Å². The molecule has 1 aromatic carbocycles. The summed E-state index contributed by atoms with van der Waals surface area (Å²) in [6.45, 7) is 4.65. The van der Waals surface area contributed by atoms with Crippen LogP contribution in [0.5, 0.6) is 11.5 Å². The number of nitrogens with two attached hydrogens (primary N) is 1. The van der Waals surface area contributed by atoms with Crippen LogP contribution in [0.25, 0.3) is 0 Å². The number of carbonyl (C=O) groups is 1. The normalized spacial score (nSPS) is 10.8. The van der Waals surface area contributed by atoms with Gasteiger partial charge < -0.3 is 25.3 Å². The Morgan fingerprint density at radius 2 is 1.92 bits per heavy atom. The summed E-state index contributed by atoms with van der Waals surface area (Å²) in [6, 6.07) is 5.59. The molecular formula is C17H28IN3O4. The molecule has 7 nitrogen and oxygen atoms in total. The van der Waals surface area contributed by atoms with Crippen molar-refractivity contribution in [2.75, 3.05) is 20.8 Å². The number of aliphatic imine (C=N–C) groups is 1. The molecule has 0 fully saturated rings. The highest BCUT2D eigenvalue weighted by atomic mass is 127. The summed E-state index contributed by atoms with van der Waals surface area (Å²) in [5, 5.41) is 2.98. The number of benzene rings is 1. The fraction of sp³-hybridized carbons (Fsp3) is 0.529. The smallest absolute Gasteiger partial charge is 0.306 e. The molecule has 0 atom stereocenters. The number of halogens is 1. The third-order valence-electron chi connectivity index (χ3n) is 3.11. The highest BCUT2D eigenvalue weighted by Crippen LogP contribution is 2.27. The SMILES string of the molecule is COc1ccc(CN=C(N)NCCCC(=O)OC(C)C)cc1OC.I.